The molecule has 7 heteroatoms. The highest BCUT2D eigenvalue weighted by atomic mass is 35.5. The highest BCUT2D eigenvalue weighted by Crippen LogP contribution is 2.32. The molecule has 2 aliphatic rings. The molecule has 0 radical (unpaired) electrons. The van der Waals surface area contributed by atoms with Gasteiger partial charge in [0.2, 0.25) is 5.88 Å². The topological polar surface area (TPSA) is 60.9 Å². The van der Waals surface area contributed by atoms with Crippen molar-refractivity contribution in [2.45, 2.75) is 25.0 Å². The minimum atomic E-state index is -0.521. The van der Waals surface area contributed by atoms with E-state index in [1.54, 1.807) is 47.5 Å². The highest BCUT2D eigenvalue weighted by molar-refractivity contribution is 6.30. The molecule has 3 heterocycles. The summed E-state index contributed by atoms with van der Waals surface area (Å²) in [5, 5.41) is 0.620. The Morgan fingerprint density at radius 3 is 2.52 bits per heavy atom. The van der Waals surface area contributed by atoms with Gasteiger partial charge in [0, 0.05) is 37.2 Å². The van der Waals surface area contributed by atoms with E-state index in [9.17, 15) is 4.79 Å². The zero-order valence-corrected chi connectivity index (χ0v) is 15.7. The first-order valence-corrected chi connectivity index (χ1v) is 9.49. The average molecular weight is 389 g/mol. The second kappa shape index (κ2) is 7.84. The van der Waals surface area contributed by atoms with Gasteiger partial charge in [-0.1, -0.05) is 11.6 Å². The van der Waals surface area contributed by atoms with E-state index in [4.69, 9.17) is 25.8 Å². The Bertz CT molecular complexity index is 796. The van der Waals surface area contributed by atoms with Gasteiger partial charge in [0.15, 0.2) is 5.79 Å². The minimum absolute atomic E-state index is 0.0993. The third kappa shape index (κ3) is 4.08. The van der Waals surface area contributed by atoms with E-state index in [0.717, 1.165) is 19.6 Å². The Labute approximate surface area is 163 Å². The molecule has 1 spiro atoms. The number of benzene rings is 1. The summed E-state index contributed by atoms with van der Waals surface area (Å²) in [4.78, 5) is 19.1. The van der Waals surface area contributed by atoms with Crippen molar-refractivity contribution in [1.29, 1.82) is 0 Å². The van der Waals surface area contributed by atoms with Gasteiger partial charge in [0.1, 0.15) is 11.3 Å². The fourth-order valence-electron chi connectivity index (χ4n) is 3.38. The fourth-order valence-corrected chi connectivity index (χ4v) is 3.50. The molecule has 1 amide bonds. The number of pyridine rings is 1. The van der Waals surface area contributed by atoms with Crippen LogP contribution < -0.4 is 4.74 Å². The van der Waals surface area contributed by atoms with Gasteiger partial charge in [0.25, 0.3) is 5.91 Å². The summed E-state index contributed by atoms with van der Waals surface area (Å²) >= 11 is 5.91. The molecule has 1 aromatic heterocycles. The van der Waals surface area contributed by atoms with Crippen LogP contribution in [0.5, 0.6) is 11.6 Å². The van der Waals surface area contributed by atoms with Crippen molar-refractivity contribution in [2.75, 3.05) is 26.3 Å². The van der Waals surface area contributed by atoms with Crippen molar-refractivity contribution in [3.8, 4) is 11.6 Å². The number of aromatic nitrogens is 1. The van der Waals surface area contributed by atoms with Crippen molar-refractivity contribution >= 4 is 17.5 Å². The molecule has 0 N–H and O–H groups in total. The van der Waals surface area contributed by atoms with Gasteiger partial charge in [0.05, 0.1) is 13.2 Å². The number of likely N-dealkylation sites (tertiary alicyclic amines) is 1. The Morgan fingerprint density at radius 1 is 1.11 bits per heavy atom. The van der Waals surface area contributed by atoms with E-state index in [1.165, 1.54) is 0 Å². The van der Waals surface area contributed by atoms with Crippen LogP contribution in [0.4, 0.5) is 0 Å². The maximum Gasteiger partial charge on any atom is 0.259 e. The number of hydrogen-bond acceptors (Lipinski definition) is 5. The van der Waals surface area contributed by atoms with Gasteiger partial charge >= 0.3 is 0 Å². The molecular weight excluding hydrogens is 368 g/mol. The smallest absolute Gasteiger partial charge is 0.259 e. The largest absolute Gasteiger partial charge is 0.438 e. The highest BCUT2D eigenvalue weighted by Gasteiger charge is 2.39. The normalized spacial score (nSPS) is 19.1. The molecule has 0 bridgehead atoms. The number of amides is 1. The van der Waals surface area contributed by atoms with Crippen molar-refractivity contribution in [3.05, 3.63) is 53.2 Å². The van der Waals surface area contributed by atoms with E-state index in [2.05, 4.69) is 4.98 Å². The van der Waals surface area contributed by atoms with Gasteiger partial charge in [-0.2, -0.15) is 0 Å². The predicted molar refractivity (Wildman–Crippen MR) is 100 cm³/mol. The van der Waals surface area contributed by atoms with Gasteiger partial charge in [-0.3, -0.25) is 4.79 Å². The first kappa shape index (κ1) is 18.2. The van der Waals surface area contributed by atoms with Gasteiger partial charge < -0.3 is 19.1 Å². The molecule has 2 saturated heterocycles. The molecule has 2 aliphatic heterocycles. The zero-order chi connectivity index (χ0) is 18.7. The van der Waals surface area contributed by atoms with E-state index in [0.29, 0.717) is 42.3 Å². The number of carbonyl (C=O) groups is 1. The lowest BCUT2D eigenvalue weighted by Crippen LogP contribution is -2.51. The molecule has 2 aromatic rings. The predicted octanol–water partition coefficient (Wildman–Crippen LogP) is 3.90. The Hall–Kier alpha value is -2.15. The molecule has 0 saturated carbocycles. The second-order valence-corrected chi connectivity index (χ2v) is 7.10. The number of nitrogens with zero attached hydrogens (tertiary/aromatic N) is 2. The summed E-state index contributed by atoms with van der Waals surface area (Å²) in [5.74, 6) is 0.244. The molecular formula is C20H21ClN2O4. The average Bonchev–Trinajstić information content (AvgIpc) is 2.71. The number of halogens is 1. The quantitative estimate of drug-likeness (QED) is 0.798. The summed E-state index contributed by atoms with van der Waals surface area (Å²) in [6.45, 7) is 2.59. The van der Waals surface area contributed by atoms with Crippen molar-refractivity contribution < 1.29 is 19.0 Å². The molecule has 1 aromatic carbocycles. The summed E-state index contributed by atoms with van der Waals surface area (Å²) in [7, 11) is 0. The number of piperidine rings is 1. The lowest BCUT2D eigenvalue weighted by molar-refractivity contribution is -0.281. The Kier molecular flexibility index (Phi) is 5.29. The van der Waals surface area contributed by atoms with Crippen molar-refractivity contribution in [3.63, 3.8) is 0 Å². The van der Waals surface area contributed by atoms with Crippen LogP contribution in [0.1, 0.15) is 29.6 Å². The monoisotopic (exact) mass is 388 g/mol. The maximum atomic E-state index is 13.0. The maximum absolute atomic E-state index is 13.0. The van der Waals surface area contributed by atoms with Crippen LogP contribution >= 0.6 is 11.6 Å². The van der Waals surface area contributed by atoms with Crippen LogP contribution in [0.3, 0.4) is 0 Å². The third-order valence-electron chi connectivity index (χ3n) is 4.86. The number of hydrogen-bond donors (Lipinski definition) is 0. The van der Waals surface area contributed by atoms with Crippen LogP contribution in [0.25, 0.3) is 0 Å². The molecule has 0 unspecified atom stereocenters. The Balaban J connectivity index is 1.47. The first-order chi connectivity index (χ1) is 13.2. The van der Waals surface area contributed by atoms with Crippen LogP contribution in [-0.2, 0) is 9.47 Å². The van der Waals surface area contributed by atoms with E-state index in [1.807, 2.05) is 0 Å². The van der Waals surface area contributed by atoms with Crippen molar-refractivity contribution in [1.82, 2.24) is 9.88 Å². The third-order valence-corrected chi connectivity index (χ3v) is 5.11. The van der Waals surface area contributed by atoms with Crippen LogP contribution in [0.2, 0.25) is 5.02 Å². The Morgan fingerprint density at radius 2 is 1.81 bits per heavy atom. The molecule has 4 rings (SSSR count). The fraction of sp³-hybridized carbons (Fsp3) is 0.400. The summed E-state index contributed by atoms with van der Waals surface area (Å²) < 4.78 is 17.5. The molecule has 2 fully saturated rings. The number of carbonyl (C=O) groups excluding carboxylic acids is 1. The summed E-state index contributed by atoms with van der Waals surface area (Å²) in [6.07, 6.45) is 3.88. The number of ether oxygens (including phenoxy) is 3. The molecule has 0 atom stereocenters. The SMILES string of the molecule is O=C(c1cccnc1Oc1ccc(Cl)cc1)N1CCC2(CC1)OCCCO2. The van der Waals surface area contributed by atoms with Crippen LogP contribution in [0.15, 0.2) is 42.6 Å². The van der Waals surface area contributed by atoms with E-state index in [-0.39, 0.29) is 11.8 Å². The lowest BCUT2D eigenvalue weighted by Gasteiger charge is -2.43. The standard InChI is InChI=1S/C20H21ClN2O4/c21-15-4-6-16(7-5-15)27-18-17(3-1-10-22-18)19(24)23-11-8-20(9-12-23)25-13-2-14-26-20/h1,3-7,10H,2,8-9,11-14H2. The molecule has 27 heavy (non-hydrogen) atoms. The van der Waals surface area contributed by atoms with E-state index >= 15 is 0 Å². The minimum Gasteiger partial charge on any atom is -0.438 e. The second-order valence-electron chi connectivity index (χ2n) is 6.67. The first-order valence-electron chi connectivity index (χ1n) is 9.11. The molecule has 142 valence electrons. The molecule has 0 aliphatic carbocycles. The lowest BCUT2D eigenvalue weighted by atomic mass is 10.0. The van der Waals surface area contributed by atoms with E-state index < -0.39 is 5.79 Å². The van der Waals surface area contributed by atoms with Crippen LogP contribution in [0, 0.1) is 0 Å². The van der Waals surface area contributed by atoms with Gasteiger partial charge in [-0.15, -0.1) is 0 Å². The zero-order valence-electron chi connectivity index (χ0n) is 14.9. The number of rotatable bonds is 3. The van der Waals surface area contributed by atoms with Crippen LogP contribution in [-0.4, -0.2) is 47.9 Å². The van der Waals surface area contributed by atoms with Gasteiger partial charge in [-0.05, 0) is 42.8 Å². The summed E-state index contributed by atoms with van der Waals surface area (Å²) in [6, 6.07) is 10.4. The summed E-state index contributed by atoms with van der Waals surface area (Å²) in [5.41, 5.74) is 0.439. The molecule has 6 nitrogen and oxygen atoms in total. The van der Waals surface area contributed by atoms with Gasteiger partial charge in [-0.25, -0.2) is 4.98 Å². The van der Waals surface area contributed by atoms with Crippen molar-refractivity contribution in [2.24, 2.45) is 0 Å².